The maximum absolute atomic E-state index is 10.2. The maximum Gasteiger partial charge on any atom is 0.188 e. The van der Waals surface area contributed by atoms with Crippen molar-refractivity contribution in [1.29, 1.82) is 0 Å². The van der Waals surface area contributed by atoms with E-state index in [1.54, 1.807) is 30.3 Å². The normalized spacial score (nSPS) is 13.7. The average Bonchev–Trinajstić information content (AvgIpc) is 2.70. The van der Waals surface area contributed by atoms with E-state index in [0.29, 0.717) is 17.1 Å². The van der Waals surface area contributed by atoms with Gasteiger partial charge in [-0.3, -0.25) is 0 Å². The highest BCUT2D eigenvalue weighted by atomic mass is 16.7. The summed E-state index contributed by atoms with van der Waals surface area (Å²) in [6.45, 7) is 0.0262. The number of hydrogen-bond donors (Lipinski definition) is 4. The van der Waals surface area contributed by atoms with E-state index in [1.807, 2.05) is 0 Å². The molecule has 0 amide bonds. The number of phenolic OH excluding ortho intramolecular Hbond substituents is 2. The van der Waals surface area contributed by atoms with Gasteiger partial charge in [-0.25, -0.2) is 0 Å². The summed E-state index contributed by atoms with van der Waals surface area (Å²) in [5.41, 5.74) is 1.14. The summed E-state index contributed by atoms with van der Waals surface area (Å²) in [7, 11) is 2.95. The van der Waals surface area contributed by atoms with Crippen molar-refractivity contribution < 1.29 is 34.6 Å². The van der Waals surface area contributed by atoms with E-state index in [2.05, 4.69) is 0 Å². The molecule has 0 radical (unpaired) electrons. The molecular weight excluding hydrogens is 376 g/mol. The zero-order valence-corrected chi connectivity index (χ0v) is 16.4. The van der Waals surface area contributed by atoms with Gasteiger partial charge >= 0.3 is 0 Å². The first kappa shape index (κ1) is 22.3. The Balaban J connectivity index is 1.99. The second-order valence-electron chi connectivity index (χ2n) is 6.26. The van der Waals surface area contributed by atoms with E-state index >= 15 is 0 Å². The molecule has 7 heteroatoms. The highest BCUT2D eigenvalue weighted by molar-refractivity contribution is 5.64. The lowest BCUT2D eigenvalue weighted by atomic mass is 10.1. The van der Waals surface area contributed by atoms with Gasteiger partial charge in [0.2, 0.25) is 0 Å². The minimum Gasteiger partial charge on any atom is -0.507 e. The highest BCUT2D eigenvalue weighted by Gasteiger charge is 2.10. The molecule has 2 atom stereocenters. The maximum atomic E-state index is 10.2. The van der Waals surface area contributed by atoms with Gasteiger partial charge in [-0.15, -0.1) is 0 Å². The van der Waals surface area contributed by atoms with Crippen molar-refractivity contribution in [3.63, 3.8) is 0 Å². The van der Waals surface area contributed by atoms with Crippen LogP contribution < -0.4 is 9.47 Å². The largest absolute Gasteiger partial charge is 0.507 e. The van der Waals surface area contributed by atoms with Crippen LogP contribution in [0.25, 0.3) is 12.2 Å². The number of benzene rings is 2. The minimum absolute atomic E-state index is 0.00350. The quantitative estimate of drug-likeness (QED) is 0.453. The summed E-state index contributed by atoms with van der Waals surface area (Å²) in [6, 6.07) is 9.63. The van der Waals surface area contributed by atoms with Crippen LogP contribution in [-0.4, -0.2) is 53.6 Å². The highest BCUT2D eigenvalue weighted by Crippen LogP contribution is 2.29. The van der Waals surface area contributed by atoms with Crippen molar-refractivity contribution >= 4 is 12.2 Å². The SMILES string of the molecule is COCOc1cccc(O)c1/C=C/C(O)CC(O)/C=C/c1ccc(O)c(OC)c1. The minimum atomic E-state index is -0.945. The second-order valence-corrected chi connectivity index (χ2v) is 6.26. The van der Waals surface area contributed by atoms with Crippen molar-refractivity contribution in [2.45, 2.75) is 18.6 Å². The van der Waals surface area contributed by atoms with Gasteiger partial charge in [0.1, 0.15) is 11.5 Å². The summed E-state index contributed by atoms with van der Waals surface area (Å²) in [6.07, 6.45) is 4.42. The smallest absolute Gasteiger partial charge is 0.188 e. The van der Waals surface area contributed by atoms with Gasteiger partial charge in [0, 0.05) is 13.5 Å². The fourth-order valence-corrected chi connectivity index (χ4v) is 2.58. The van der Waals surface area contributed by atoms with E-state index in [-0.39, 0.29) is 24.7 Å². The summed E-state index contributed by atoms with van der Waals surface area (Å²) in [4.78, 5) is 0. The standard InChI is InChI=1S/C22H26O7/c1-27-14-29-21-5-3-4-19(25)18(21)10-9-17(24)13-16(23)8-6-15-7-11-20(26)22(12-15)28-2/h3-12,16-17,23-26H,13-14H2,1-2H3/b8-6+,10-9+. The Hall–Kier alpha value is -3.00. The Morgan fingerprint density at radius 2 is 1.62 bits per heavy atom. The monoisotopic (exact) mass is 402 g/mol. The molecule has 0 heterocycles. The Labute approximate surface area is 169 Å². The van der Waals surface area contributed by atoms with Gasteiger partial charge in [-0.1, -0.05) is 30.4 Å². The van der Waals surface area contributed by atoms with Gasteiger partial charge in [-0.05, 0) is 35.9 Å². The summed E-state index contributed by atoms with van der Waals surface area (Å²) < 4.78 is 15.3. The topological polar surface area (TPSA) is 109 Å². The summed E-state index contributed by atoms with van der Waals surface area (Å²) >= 11 is 0. The molecule has 0 aliphatic rings. The second kappa shape index (κ2) is 11.1. The molecule has 2 rings (SSSR count). The van der Waals surface area contributed by atoms with Crippen LogP contribution in [0.3, 0.4) is 0 Å². The van der Waals surface area contributed by atoms with Crippen molar-refractivity contribution in [3.8, 4) is 23.0 Å². The molecule has 0 bridgehead atoms. The lowest BCUT2D eigenvalue weighted by Gasteiger charge is -2.11. The van der Waals surface area contributed by atoms with E-state index in [9.17, 15) is 20.4 Å². The molecule has 0 fully saturated rings. The van der Waals surface area contributed by atoms with Gasteiger partial charge in [0.15, 0.2) is 18.3 Å². The molecule has 7 nitrogen and oxygen atoms in total. The number of hydrogen-bond acceptors (Lipinski definition) is 7. The molecule has 0 saturated carbocycles. The number of aliphatic hydroxyl groups excluding tert-OH is 2. The molecule has 156 valence electrons. The van der Waals surface area contributed by atoms with E-state index < -0.39 is 12.2 Å². The fraction of sp³-hybridized carbons (Fsp3) is 0.273. The Bertz CT molecular complexity index is 845. The molecule has 2 aromatic carbocycles. The molecule has 4 N–H and O–H groups in total. The van der Waals surface area contributed by atoms with Crippen molar-refractivity contribution in [2.75, 3.05) is 21.0 Å². The van der Waals surface area contributed by atoms with Crippen LogP contribution in [0.1, 0.15) is 17.5 Å². The zero-order chi connectivity index (χ0) is 21.2. The first-order valence-corrected chi connectivity index (χ1v) is 8.97. The van der Waals surface area contributed by atoms with Crippen LogP contribution in [0.4, 0.5) is 0 Å². The number of aromatic hydroxyl groups is 2. The Morgan fingerprint density at radius 1 is 0.897 bits per heavy atom. The van der Waals surface area contributed by atoms with Gasteiger partial charge in [-0.2, -0.15) is 0 Å². The first-order valence-electron chi connectivity index (χ1n) is 8.97. The van der Waals surface area contributed by atoms with Crippen LogP contribution in [0.5, 0.6) is 23.0 Å². The molecule has 0 aromatic heterocycles. The summed E-state index contributed by atoms with van der Waals surface area (Å²) in [5.74, 6) is 0.781. The van der Waals surface area contributed by atoms with Crippen LogP contribution in [0.15, 0.2) is 48.6 Å². The van der Waals surface area contributed by atoms with Crippen LogP contribution in [0.2, 0.25) is 0 Å². The Morgan fingerprint density at radius 3 is 2.31 bits per heavy atom. The molecule has 2 unspecified atom stereocenters. The van der Waals surface area contributed by atoms with E-state index in [1.165, 1.54) is 44.6 Å². The lowest BCUT2D eigenvalue weighted by molar-refractivity contribution is 0.0508. The third kappa shape index (κ3) is 6.83. The molecule has 0 aliphatic heterocycles. The molecular formula is C22H26O7. The predicted molar refractivity (Wildman–Crippen MR) is 110 cm³/mol. The summed E-state index contributed by atoms with van der Waals surface area (Å²) in [5, 5.41) is 39.9. The van der Waals surface area contributed by atoms with Crippen molar-refractivity contribution in [3.05, 3.63) is 59.7 Å². The van der Waals surface area contributed by atoms with Crippen molar-refractivity contribution in [1.82, 2.24) is 0 Å². The Kier molecular flexibility index (Phi) is 8.54. The fourth-order valence-electron chi connectivity index (χ4n) is 2.58. The number of aliphatic hydroxyl groups is 2. The van der Waals surface area contributed by atoms with Crippen LogP contribution in [0, 0.1) is 0 Å². The van der Waals surface area contributed by atoms with Crippen molar-refractivity contribution in [2.24, 2.45) is 0 Å². The number of phenols is 2. The average molecular weight is 402 g/mol. The van der Waals surface area contributed by atoms with E-state index in [0.717, 1.165) is 5.56 Å². The van der Waals surface area contributed by atoms with Crippen LogP contribution >= 0.6 is 0 Å². The molecule has 0 saturated heterocycles. The first-order chi connectivity index (χ1) is 13.9. The number of ether oxygens (including phenoxy) is 3. The third-order valence-electron chi connectivity index (χ3n) is 4.06. The third-order valence-corrected chi connectivity index (χ3v) is 4.06. The number of methoxy groups -OCH3 is 2. The van der Waals surface area contributed by atoms with Gasteiger partial charge < -0.3 is 34.6 Å². The van der Waals surface area contributed by atoms with Gasteiger partial charge in [0.25, 0.3) is 0 Å². The molecule has 2 aromatic rings. The zero-order valence-electron chi connectivity index (χ0n) is 16.4. The molecule has 29 heavy (non-hydrogen) atoms. The molecule has 0 aliphatic carbocycles. The van der Waals surface area contributed by atoms with Gasteiger partial charge in [0.05, 0.1) is 24.9 Å². The van der Waals surface area contributed by atoms with Crippen LogP contribution in [-0.2, 0) is 4.74 Å². The predicted octanol–water partition coefficient (Wildman–Crippen LogP) is 2.93. The number of rotatable bonds is 10. The molecule has 0 spiro atoms. The van der Waals surface area contributed by atoms with E-state index in [4.69, 9.17) is 14.2 Å². The lowest BCUT2D eigenvalue weighted by Crippen LogP contribution is -2.13.